The molecule has 0 amide bonds. The van der Waals surface area contributed by atoms with Crippen LogP contribution >= 0.6 is 0 Å². The third-order valence-electron chi connectivity index (χ3n) is 3.36. The summed E-state index contributed by atoms with van der Waals surface area (Å²) in [6.45, 7) is 6.91. The van der Waals surface area contributed by atoms with Crippen molar-refractivity contribution in [3.8, 4) is 5.75 Å². The molecule has 2 nitrogen and oxygen atoms in total. The number of ether oxygens (including phenoxy) is 1. The van der Waals surface area contributed by atoms with Gasteiger partial charge in [-0.3, -0.25) is 0 Å². The van der Waals surface area contributed by atoms with Gasteiger partial charge in [-0.05, 0) is 44.0 Å². The maximum absolute atomic E-state index is 6.25. The Labute approximate surface area is 121 Å². The highest BCUT2D eigenvalue weighted by Gasteiger charge is 2.07. The van der Waals surface area contributed by atoms with Crippen LogP contribution in [0, 0.1) is 20.8 Å². The lowest BCUT2D eigenvalue weighted by Crippen LogP contribution is -2.14. The third-order valence-corrected chi connectivity index (χ3v) is 3.36. The molecule has 0 saturated heterocycles. The molecule has 2 rings (SSSR count). The molecule has 2 N–H and O–H groups in total. The molecule has 2 aromatic rings. The second-order valence-electron chi connectivity index (χ2n) is 5.48. The van der Waals surface area contributed by atoms with Gasteiger partial charge in [0.05, 0.1) is 6.61 Å². The molecule has 0 heterocycles. The van der Waals surface area contributed by atoms with Gasteiger partial charge in [0.1, 0.15) is 5.75 Å². The van der Waals surface area contributed by atoms with Crippen molar-refractivity contribution in [1.82, 2.24) is 0 Å². The van der Waals surface area contributed by atoms with Crippen LogP contribution < -0.4 is 10.5 Å². The molecule has 1 atom stereocenters. The number of aryl methyl sites for hydroxylation is 3. The van der Waals surface area contributed by atoms with Gasteiger partial charge in [-0.2, -0.15) is 0 Å². The quantitative estimate of drug-likeness (QED) is 0.887. The Morgan fingerprint density at radius 2 is 1.65 bits per heavy atom. The number of nitrogens with two attached hydrogens (primary N) is 1. The highest BCUT2D eigenvalue weighted by molar-refractivity contribution is 5.30. The van der Waals surface area contributed by atoms with Crippen molar-refractivity contribution >= 4 is 0 Å². The fraction of sp³-hybridized carbons (Fsp3) is 0.333. The summed E-state index contributed by atoms with van der Waals surface area (Å²) in [7, 11) is 0. The van der Waals surface area contributed by atoms with E-state index in [0.29, 0.717) is 6.61 Å². The molecule has 2 heteroatoms. The second-order valence-corrected chi connectivity index (χ2v) is 5.48. The van der Waals surface area contributed by atoms with E-state index in [1.54, 1.807) is 0 Å². The van der Waals surface area contributed by atoms with Crippen LogP contribution in [0.5, 0.6) is 5.75 Å². The molecule has 0 spiro atoms. The van der Waals surface area contributed by atoms with E-state index in [-0.39, 0.29) is 6.04 Å². The standard InChI is InChI=1S/C18H23NO/c1-13-5-4-6-17(12-13)20-8-7-18(19)16-10-14(2)9-15(3)11-16/h4-6,9-12,18H,7-8,19H2,1-3H3. The Hall–Kier alpha value is -1.80. The molecular formula is C18H23NO. The molecule has 0 saturated carbocycles. The largest absolute Gasteiger partial charge is 0.494 e. The summed E-state index contributed by atoms with van der Waals surface area (Å²) in [5.41, 5.74) is 11.2. The van der Waals surface area contributed by atoms with Gasteiger partial charge in [-0.25, -0.2) is 0 Å². The molecule has 2 aromatic carbocycles. The topological polar surface area (TPSA) is 35.2 Å². The minimum absolute atomic E-state index is 0.0263. The Morgan fingerprint density at radius 1 is 0.950 bits per heavy atom. The molecule has 20 heavy (non-hydrogen) atoms. The Kier molecular flexibility index (Phi) is 4.80. The molecule has 0 aliphatic heterocycles. The van der Waals surface area contributed by atoms with Crippen LogP contribution in [0.4, 0.5) is 0 Å². The average molecular weight is 269 g/mol. The Balaban J connectivity index is 1.90. The van der Waals surface area contributed by atoms with E-state index in [4.69, 9.17) is 10.5 Å². The van der Waals surface area contributed by atoms with Crippen molar-refractivity contribution in [2.75, 3.05) is 6.61 Å². The summed E-state index contributed by atoms with van der Waals surface area (Å²) in [5.74, 6) is 0.914. The van der Waals surface area contributed by atoms with E-state index in [1.165, 1.54) is 22.3 Å². The first-order valence-electron chi connectivity index (χ1n) is 7.08. The van der Waals surface area contributed by atoms with Crippen LogP contribution in [-0.2, 0) is 0 Å². The van der Waals surface area contributed by atoms with E-state index < -0.39 is 0 Å². The van der Waals surface area contributed by atoms with Crippen LogP contribution in [0.3, 0.4) is 0 Å². The second kappa shape index (κ2) is 6.58. The summed E-state index contributed by atoms with van der Waals surface area (Å²) in [6, 6.07) is 14.6. The Bertz CT molecular complexity index is 557. The maximum atomic E-state index is 6.25. The molecule has 0 fully saturated rings. The lowest BCUT2D eigenvalue weighted by Gasteiger charge is -2.14. The molecule has 0 aliphatic carbocycles. The van der Waals surface area contributed by atoms with Gasteiger partial charge < -0.3 is 10.5 Å². The van der Waals surface area contributed by atoms with Gasteiger partial charge in [-0.15, -0.1) is 0 Å². The summed E-state index contributed by atoms with van der Waals surface area (Å²) in [4.78, 5) is 0. The zero-order valence-electron chi connectivity index (χ0n) is 12.5. The first kappa shape index (κ1) is 14.6. The van der Waals surface area contributed by atoms with Crippen LogP contribution in [0.2, 0.25) is 0 Å². The SMILES string of the molecule is Cc1cccc(OCCC(N)c2cc(C)cc(C)c2)c1. The van der Waals surface area contributed by atoms with Gasteiger partial charge in [-0.1, -0.05) is 41.5 Å². The number of benzene rings is 2. The number of hydrogen-bond donors (Lipinski definition) is 1. The molecule has 106 valence electrons. The van der Waals surface area contributed by atoms with Crippen LogP contribution in [-0.4, -0.2) is 6.61 Å². The summed E-state index contributed by atoms with van der Waals surface area (Å²) < 4.78 is 5.76. The third kappa shape index (κ3) is 4.10. The fourth-order valence-electron chi connectivity index (χ4n) is 2.40. The minimum Gasteiger partial charge on any atom is -0.494 e. The fourth-order valence-corrected chi connectivity index (χ4v) is 2.40. The zero-order chi connectivity index (χ0) is 14.5. The van der Waals surface area contributed by atoms with Crippen molar-refractivity contribution < 1.29 is 4.74 Å². The maximum Gasteiger partial charge on any atom is 0.119 e. The molecule has 0 aromatic heterocycles. The van der Waals surface area contributed by atoms with E-state index in [2.05, 4.69) is 45.0 Å². The Morgan fingerprint density at radius 3 is 2.30 bits per heavy atom. The predicted molar refractivity (Wildman–Crippen MR) is 84.1 cm³/mol. The molecule has 1 unspecified atom stereocenters. The molecular weight excluding hydrogens is 246 g/mol. The normalized spacial score (nSPS) is 12.2. The lowest BCUT2D eigenvalue weighted by molar-refractivity contribution is 0.298. The summed E-state index contributed by atoms with van der Waals surface area (Å²) >= 11 is 0. The smallest absolute Gasteiger partial charge is 0.119 e. The van der Waals surface area contributed by atoms with Crippen molar-refractivity contribution in [2.24, 2.45) is 5.73 Å². The van der Waals surface area contributed by atoms with Gasteiger partial charge in [0.2, 0.25) is 0 Å². The van der Waals surface area contributed by atoms with Gasteiger partial charge in [0.15, 0.2) is 0 Å². The molecule has 0 bridgehead atoms. The number of hydrogen-bond acceptors (Lipinski definition) is 2. The average Bonchev–Trinajstić information content (AvgIpc) is 2.37. The van der Waals surface area contributed by atoms with Crippen molar-refractivity contribution in [2.45, 2.75) is 33.2 Å². The minimum atomic E-state index is 0.0263. The van der Waals surface area contributed by atoms with Crippen LogP contribution in [0.25, 0.3) is 0 Å². The lowest BCUT2D eigenvalue weighted by atomic mass is 10.0. The van der Waals surface area contributed by atoms with Crippen molar-refractivity contribution in [3.63, 3.8) is 0 Å². The van der Waals surface area contributed by atoms with Gasteiger partial charge in [0, 0.05) is 12.5 Å². The predicted octanol–water partition coefficient (Wildman–Crippen LogP) is 4.08. The van der Waals surface area contributed by atoms with E-state index in [1.807, 2.05) is 18.2 Å². The highest BCUT2D eigenvalue weighted by atomic mass is 16.5. The van der Waals surface area contributed by atoms with E-state index in [9.17, 15) is 0 Å². The first-order chi connectivity index (χ1) is 9.54. The zero-order valence-corrected chi connectivity index (χ0v) is 12.5. The van der Waals surface area contributed by atoms with E-state index in [0.717, 1.165) is 12.2 Å². The van der Waals surface area contributed by atoms with Crippen molar-refractivity contribution in [3.05, 3.63) is 64.7 Å². The molecule has 0 radical (unpaired) electrons. The highest BCUT2D eigenvalue weighted by Crippen LogP contribution is 2.19. The van der Waals surface area contributed by atoms with Crippen molar-refractivity contribution in [1.29, 1.82) is 0 Å². The summed E-state index contributed by atoms with van der Waals surface area (Å²) in [5, 5.41) is 0. The monoisotopic (exact) mass is 269 g/mol. The van der Waals surface area contributed by atoms with Crippen LogP contribution in [0.1, 0.15) is 34.7 Å². The summed E-state index contributed by atoms with van der Waals surface area (Å²) in [6.07, 6.45) is 0.816. The first-order valence-corrected chi connectivity index (χ1v) is 7.08. The van der Waals surface area contributed by atoms with E-state index >= 15 is 0 Å². The van der Waals surface area contributed by atoms with Crippen LogP contribution in [0.15, 0.2) is 42.5 Å². The van der Waals surface area contributed by atoms with Gasteiger partial charge in [0.25, 0.3) is 0 Å². The molecule has 0 aliphatic rings. The van der Waals surface area contributed by atoms with Gasteiger partial charge >= 0.3 is 0 Å². The number of rotatable bonds is 5.